The topological polar surface area (TPSA) is 67.9 Å². The van der Waals surface area contributed by atoms with Gasteiger partial charge in [0.25, 0.3) is 0 Å². The molecule has 23 heavy (non-hydrogen) atoms. The Morgan fingerprint density at radius 3 is 2.26 bits per heavy atom. The molecule has 128 valence electrons. The quantitative estimate of drug-likeness (QED) is 0.751. The van der Waals surface area contributed by atoms with Crippen LogP contribution in [0.3, 0.4) is 0 Å². The number of hydrogen-bond acceptors (Lipinski definition) is 4. The van der Waals surface area contributed by atoms with Gasteiger partial charge in [0.15, 0.2) is 0 Å². The van der Waals surface area contributed by atoms with E-state index < -0.39 is 0 Å². The fourth-order valence-corrected chi connectivity index (χ4v) is 1.89. The van der Waals surface area contributed by atoms with Crippen LogP contribution >= 0.6 is 0 Å². The molecule has 2 amide bonds. The van der Waals surface area contributed by atoms with E-state index in [9.17, 15) is 9.59 Å². The minimum absolute atomic E-state index is 0.0111. The maximum atomic E-state index is 11.6. The van der Waals surface area contributed by atoms with Gasteiger partial charge in [-0.05, 0) is 24.3 Å². The maximum absolute atomic E-state index is 11.6. The monoisotopic (exact) mass is 322 g/mol. The third-order valence-electron chi connectivity index (χ3n) is 3.34. The summed E-state index contributed by atoms with van der Waals surface area (Å²) in [6, 6.07) is 7.28. The fraction of sp³-hybridized carbons (Fsp3) is 0.529. The van der Waals surface area contributed by atoms with Gasteiger partial charge in [0.1, 0.15) is 18.1 Å². The second-order valence-electron chi connectivity index (χ2n) is 5.48. The van der Waals surface area contributed by atoms with Gasteiger partial charge in [0, 0.05) is 25.9 Å². The van der Waals surface area contributed by atoms with Crippen LogP contribution in [0.15, 0.2) is 24.3 Å². The van der Waals surface area contributed by atoms with Gasteiger partial charge in [-0.15, -0.1) is 0 Å². The van der Waals surface area contributed by atoms with E-state index in [-0.39, 0.29) is 17.7 Å². The van der Waals surface area contributed by atoms with Crippen LogP contribution in [0, 0.1) is 5.92 Å². The number of benzene rings is 1. The lowest BCUT2D eigenvalue weighted by molar-refractivity contribution is -0.130. The third kappa shape index (κ3) is 7.04. The Morgan fingerprint density at radius 1 is 1.13 bits per heavy atom. The second kappa shape index (κ2) is 9.71. The summed E-state index contributed by atoms with van der Waals surface area (Å²) in [6.45, 7) is 6.96. The molecule has 1 N–H and O–H groups in total. The van der Waals surface area contributed by atoms with Crippen molar-refractivity contribution in [2.75, 3.05) is 33.4 Å². The number of carbonyl (C=O) groups excluding carboxylic acids is 2. The molecule has 0 bridgehead atoms. The van der Waals surface area contributed by atoms with Gasteiger partial charge in [0.2, 0.25) is 11.8 Å². The highest BCUT2D eigenvalue weighted by Gasteiger charge is 2.10. The summed E-state index contributed by atoms with van der Waals surface area (Å²) in [5, 5.41) is 2.80. The lowest BCUT2D eigenvalue weighted by atomic mass is 10.2. The highest BCUT2D eigenvalue weighted by molar-refractivity contribution is 5.78. The molecule has 0 aliphatic carbocycles. The Hall–Kier alpha value is -2.24. The standard InChI is InChI=1S/C17H26N2O4/c1-13(2)17(21)18-9-10-19(14(3)20)11-12-23-16-7-5-15(22-4)6-8-16/h5-8,13H,9-12H2,1-4H3,(H,18,21). The molecule has 0 unspecified atom stereocenters. The molecule has 6 nitrogen and oxygen atoms in total. The van der Waals surface area contributed by atoms with Gasteiger partial charge in [-0.2, -0.15) is 0 Å². The predicted octanol–water partition coefficient (Wildman–Crippen LogP) is 1.69. The third-order valence-corrected chi connectivity index (χ3v) is 3.34. The average molecular weight is 322 g/mol. The molecule has 6 heteroatoms. The van der Waals surface area contributed by atoms with Crippen LogP contribution < -0.4 is 14.8 Å². The molecule has 0 fully saturated rings. The second-order valence-corrected chi connectivity index (χ2v) is 5.48. The van der Waals surface area contributed by atoms with Crippen molar-refractivity contribution >= 4 is 11.8 Å². The molecule has 1 rings (SSSR count). The van der Waals surface area contributed by atoms with Crippen LogP contribution in [-0.4, -0.2) is 50.1 Å². The van der Waals surface area contributed by atoms with Crippen molar-refractivity contribution in [3.63, 3.8) is 0 Å². The van der Waals surface area contributed by atoms with Crippen LogP contribution in [0.2, 0.25) is 0 Å². The van der Waals surface area contributed by atoms with Crippen molar-refractivity contribution in [3.05, 3.63) is 24.3 Å². The Labute approximate surface area is 137 Å². The van der Waals surface area contributed by atoms with Gasteiger partial charge in [-0.25, -0.2) is 0 Å². The van der Waals surface area contributed by atoms with Crippen molar-refractivity contribution in [1.82, 2.24) is 10.2 Å². The van der Waals surface area contributed by atoms with Crippen LogP contribution in [0.25, 0.3) is 0 Å². The van der Waals surface area contributed by atoms with Crippen molar-refractivity contribution < 1.29 is 19.1 Å². The summed E-state index contributed by atoms with van der Waals surface area (Å²) < 4.78 is 10.7. The number of methoxy groups -OCH3 is 1. The number of amides is 2. The SMILES string of the molecule is COc1ccc(OCCN(CCNC(=O)C(C)C)C(C)=O)cc1. The lowest BCUT2D eigenvalue weighted by Gasteiger charge is -2.21. The van der Waals surface area contributed by atoms with Gasteiger partial charge in [-0.3, -0.25) is 9.59 Å². The summed E-state index contributed by atoms with van der Waals surface area (Å²) in [5.41, 5.74) is 0. The van der Waals surface area contributed by atoms with Crippen LogP contribution in [0.1, 0.15) is 20.8 Å². The average Bonchev–Trinajstić information content (AvgIpc) is 2.53. The Bertz CT molecular complexity index is 500. The maximum Gasteiger partial charge on any atom is 0.222 e. The first-order chi connectivity index (χ1) is 10.9. The number of hydrogen-bond donors (Lipinski definition) is 1. The molecular formula is C17H26N2O4. The highest BCUT2D eigenvalue weighted by atomic mass is 16.5. The zero-order chi connectivity index (χ0) is 17.2. The molecule has 0 radical (unpaired) electrons. The smallest absolute Gasteiger partial charge is 0.222 e. The number of carbonyl (C=O) groups is 2. The first kappa shape index (κ1) is 18.8. The molecule has 0 aliphatic rings. The largest absolute Gasteiger partial charge is 0.497 e. The molecule has 0 aliphatic heterocycles. The Kier molecular flexibility index (Phi) is 7.94. The first-order valence-corrected chi connectivity index (χ1v) is 7.74. The zero-order valence-electron chi connectivity index (χ0n) is 14.3. The van der Waals surface area contributed by atoms with E-state index in [2.05, 4.69) is 5.32 Å². The molecule has 1 aromatic rings. The number of nitrogens with zero attached hydrogens (tertiary/aromatic N) is 1. The summed E-state index contributed by atoms with van der Waals surface area (Å²) in [7, 11) is 1.61. The molecule has 1 aromatic carbocycles. The predicted molar refractivity (Wildman–Crippen MR) is 88.6 cm³/mol. The minimum atomic E-state index is -0.0563. The van der Waals surface area contributed by atoms with E-state index in [0.29, 0.717) is 26.2 Å². The summed E-state index contributed by atoms with van der Waals surface area (Å²) in [4.78, 5) is 24.8. The fourth-order valence-electron chi connectivity index (χ4n) is 1.89. The van der Waals surface area contributed by atoms with E-state index in [1.54, 1.807) is 12.0 Å². The molecule has 0 heterocycles. The van der Waals surface area contributed by atoms with E-state index in [1.165, 1.54) is 6.92 Å². The van der Waals surface area contributed by atoms with Gasteiger partial charge in [0.05, 0.1) is 13.7 Å². The van der Waals surface area contributed by atoms with Gasteiger partial charge >= 0.3 is 0 Å². The zero-order valence-corrected chi connectivity index (χ0v) is 14.3. The van der Waals surface area contributed by atoms with Crippen molar-refractivity contribution in [2.45, 2.75) is 20.8 Å². The number of rotatable bonds is 9. The molecule has 0 atom stereocenters. The van der Waals surface area contributed by atoms with Crippen LogP contribution in [0.5, 0.6) is 11.5 Å². The first-order valence-electron chi connectivity index (χ1n) is 7.74. The molecule has 0 saturated heterocycles. The van der Waals surface area contributed by atoms with Crippen molar-refractivity contribution in [3.8, 4) is 11.5 Å². The van der Waals surface area contributed by atoms with E-state index >= 15 is 0 Å². The Morgan fingerprint density at radius 2 is 1.74 bits per heavy atom. The van der Waals surface area contributed by atoms with Crippen LogP contribution in [-0.2, 0) is 9.59 Å². The molecule has 0 aromatic heterocycles. The lowest BCUT2D eigenvalue weighted by Crippen LogP contribution is -2.40. The summed E-state index contributed by atoms with van der Waals surface area (Å²) >= 11 is 0. The van der Waals surface area contributed by atoms with E-state index in [4.69, 9.17) is 9.47 Å². The number of ether oxygens (including phenoxy) is 2. The van der Waals surface area contributed by atoms with E-state index in [0.717, 1.165) is 11.5 Å². The Balaban J connectivity index is 2.35. The van der Waals surface area contributed by atoms with Crippen molar-refractivity contribution in [2.24, 2.45) is 5.92 Å². The highest BCUT2D eigenvalue weighted by Crippen LogP contribution is 2.16. The molecular weight excluding hydrogens is 296 g/mol. The summed E-state index contributed by atoms with van der Waals surface area (Å²) in [6.07, 6.45) is 0. The minimum Gasteiger partial charge on any atom is -0.497 e. The normalized spacial score (nSPS) is 10.3. The molecule has 0 spiro atoms. The van der Waals surface area contributed by atoms with Crippen LogP contribution in [0.4, 0.5) is 0 Å². The van der Waals surface area contributed by atoms with Gasteiger partial charge in [-0.1, -0.05) is 13.8 Å². The van der Waals surface area contributed by atoms with E-state index in [1.807, 2.05) is 38.1 Å². The van der Waals surface area contributed by atoms with Crippen molar-refractivity contribution in [1.29, 1.82) is 0 Å². The summed E-state index contributed by atoms with van der Waals surface area (Å²) in [5.74, 6) is 1.38. The number of nitrogens with one attached hydrogen (secondary N) is 1. The van der Waals surface area contributed by atoms with Gasteiger partial charge < -0.3 is 19.7 Å². The molecule has 0 saturated carbocycles.